The molecule has 20 heavy (non-hydrogen) atoms. The first-order valence-electron chi connectivity index (χ1n) is 6.49. The summed E-state index contributed by atoms with van der Waals surface area (Å²) in [5.74, 6) is 2.06. The minimum absolute atomic E-state index is 0.137. The summed E-state index contributed by atoms with van der Waals surface area (Å²) in [4.78, 5) is 4.24. The summed E-state index contributed by atoms with van der Waals surface area (Å²) in [6, 6.07) is 1.99. The number of hydrogen-bond donors (Lipinski definition) is 1. The highest BCUT2D eigenvalue weighted by atomic mass is 32.1. The van der Waals surface area contributed by atoms with E-state index in [-0.39, 0.29) is 5.92 Å². The number of rotatable bonds is 3. The van der Waals surface area contributed by atoms with E-state index in [1.807, 2.05) is 19.9 Å². The summed E-state index contributed by atoms with van der Waals surface area (Å²) in [6.07, 6.45) is 0. The number of methoxy groups -OCH3 is 3. The molecule has 0 saturated carbocycles. The fourth-order valence-electron chi connectivity index (χ4n) is 2.68. The molecule has 1 heterocycles. The first kappa shape index (κ1) is 15.0. The number of thiol groups is 1. The molecule has 1 aromatic rings. The summed E-state index contributed by atoms with van der Waals surface area (Å²) in [5.41, 5.74) is 2.99. The molecule has 0 spiro atoms. The van der Waals surface area contributed by atoms with Gasteiger partial charge in [-0.2, -0.15) is 0 Å². The minimum atomic E-state index is -0.443. The van der Waals surface area contributed by atoms with Crippen molar-refractivity contribution in [3.05, 3.63) is 17.2 Å². The Morgan fingerprint density at radius 3 is 2.25 bits per heavy atom. The third-order valence-electron chi connectivity index (χ3n) is 3.90. The van der Waals surface area contributed by atoms with Gasteiger partial charge in [0.05, 0.1) is 21.3 Å². The van der Waals surface area contributed by atoms with Crippen LogP contribution in [0.1, 0.15) is 37.8 Å². The SMILES string of the molecule is COc1cc2c(c(OC)c1OC)C(C)=NC(C)(S)C2C. The molecule has 5 heteroatoms. The summed E-state index contributed by atoms with van der Waals surface area (Å²) in [6.45, 7) is 6.08. The second-order valence-electron chi connectivity index (χ2n) is 5.12. The minimum Gasteiger partial charge on any atom is -0.493 e. The number of fused-ring (bicyclic) bond motifs is 1. The fraction of sp³-hybridized carbons (Fsp3) is 0.533. The zero-order valence-electron chi connectivity index (χ0n) is 12.8. The van der Waals surface area contributed by atoms with Gasteiger partial charge < -0.3 is 14.2 Å². The van der Waals surface area contributed by atoms with Crippen molar-refractivity contribution < 1.29 is 14.2 Å². The molecule has 0 aliphatic carbocycles. The van der Waals surface area contributed by atoms with Crippen LogP contribution in [0.5, 0.6) is 17.2 Å². The highest BCUT2D eigenvalue weighted by Crippen LogP contribution is 2.49. The summed E-state index contributed by atoms with van der Waals surface area (Å²) >= 11 is 4.67. The lowest BCUT2D eigenvalue weighted by Crippen LogP contribution is -2.30. The second-order valence-corrected chi connectivity index (χ2v) is 6.03. The number of hydrogen-bond acceptors (Lipinski definition) is 5. The van der Waals surface area contributed by atoms with E-state index < -0.39 is 4.87 Å². The smallest absolute Gasteiger partial charge is 0.203 e. The molecule has 2 atom stereocenters. The number of ether oxygens (including phenoxy) is 3. The Morgan fingerprint density at radius 1 is 1.15 bits per heavy atom. The van der Waals surface area contributed by atoms with E-state index in [2.05, 4.69) is 24.5 Å². The summed E-state index contributed by atoms with van der Waals surface area (Å²) in [7, 11) is 4.86. The topological polar surface area (TPSA) is 40.0 Å². The van der Waals surface area contributed by atoms with Gasteiger partial charge in [-0.15, -0.1) is 12.6 Å². The molecule has 0 saturated heterocycles. The Labute approximate surface area is 125 Å². The zero-order chi connectivity index (χ0) is 15.1. The third-order valence-corrected chi connectivity index (χ3v) is 4.39. The molecule has 0 radical (unpaired) electrons. The van der Waals surface area contributed by atoms with Crippen molar-refractivity contribution in [3.63, 3.8) is 0 Å². The standard InChI is InChI=1S/C15H21NO3S/c1-8-10-7-11(17-4)13(18-5)14(19-6)12(10)9(2)16-15(8,3)20/h7-8,20H,1-6H3. The highest BCUT2D eigenvalue weighted by Gasteiger charge is 2.37. The van der Waals surface area contributed by atoms with Crippen LogP contribution in [0.15, 0.2) is 11.1 Å². The quantitative estimate of drug-likeness (QED) is 0.870. The Kier molecular flexibility index (Phi) is 3.91. The van der Waals surface area contributed by atoms with Gasteiger partial charge in [-0.25, -0.2) is 0 Å². The Balaban J connectivity index is 2.81. The van der Waals surface area contributed by atoms with Crippen molar-refractivity contribution in [2.75, 3.05) is 21.3 Å². The van der Waals surface area contributed by atoms with E-state index in [1.165, 1.54) is 0 Å². The molecule has 1 aliphatic heterocycles. The van der Waals surface area contributed by atoms with Gasteiger partial charge in [0, 0.05) is 17.2 Å². The van der Waals surface area contributed by atoms with Crippen LogP contribution in [0.4, 0.5) is 0 Å². The maximum Gasteiger partial charge on any atom is 0.203 e. The molecular weight excluding hydrogens is 274 g/mol. The lowest BCUT2D eigenvalue weighted by atomic mass is 9.84. The van der Waals surface area contributed by atoms with Crippen LogP contribution in [0, 0.1) is 0 Å². The molecular formula is C15H21NO3S. The van der Waals surface area contributed by atoms with E-state index >= 15 is 0 Å². The Hall–Kier alpha value is -1.36. The Morgan fingerprint density at radius 2 is 1.75 bits per heavy atom. The van der Waals surface area contributed by atoms with Gasteiger partial charge in [-0.1, -0.05) is 6.92 Å². The molecule has 0 N–H and O–H groups in total. The van der Waals surface area contributed by atoms with Gasteiger partial charge in [-0.3, -0.25) is 4.99 Å². The van der Waals surface area contributed by atoms with Crippen molar-refractivity contribution in [1.29, 1.82) is 0 Å². The number of nitrogens with zero attached hydrogens (tertiary/aromatic N) is 1. The number of aliphatic imine (C=N–C) groups is 1. The third kappa shape index (κ3) is 2.14. The number of benzene rings is 1. The predicted octanol–water partition coefficient (Wildman–Crippen LogP) is 3.28. The van der Waals surface area contributed by atoms with Crippen molar-refractivity contribution in [2.45, 2.75) is 31.6 Å². The molecule has 1 aromatic carbocycles. The average molecular weight is 295 g/mol. The van der Waals surface area contributed by atoms with Gasteiger partial charge in [0.1, 0.15) is 4.87 Å². The molecule has 1 aliphatic rings. The van der Waals surface area contributed by atoms with Crippen molar-refractivity contribution in [2.24, 2.45) is 4.99 Å². The van der Waals surface area contributed by atoms with Crippen LogP contribution in [-0.4, -0.2) is 31.9 Å². The average Bonchev–Trinajstić information content (AvgIpc) is 2.41. The predicted molar refractivity (Wildman–Crippen MR) is 84.1 cm³/mol. The van der Waals surface area contributed by atoms with E-state index in [4.69, 9.17) is 14.2 Å². The van der Waals surface area contributed by atoms with Crippen LogP contribution < -0.4 is 14.2 Å². The lowest BCUT2D eigenvalue weighted by Gasteiger charge is -2.35. The van der Waals surface area contributed by atoms with E-state index in [0.29, 0.717) is 17.2 Å². The van der Waals surface area contributed by atoms with Crippen molar-refractivity contribution >= 4 is 18.3 Å². The van der Waals surface area contributed by atoms with Gasteiger partial charge in [-0.05, 0) is 25.5 Å². The van der Waals surface area contributed by atoms with Crippen LogP contribution >= 0.6 is 12.6 Å². The van der Waals surface area contributed by atoms with Gasteiger partial charge >= 0.3 is 0 Å². The fourth-order valence-corrected chi connectivity index (χ4v) is 2.97. The van der Waals surface area contributed by atoms with Crippen LogP contribution in [0.2, 0.25) is 0 Å². The summed E-state index contributed by atoms with van der Waals surface area (Å²) < 4.78 is 16.4. The molecule has 4 nitrogen and oxygen atoms in total. The Bertz CT molecular complexity index is 567. The van der Waals surface area contributed by atoms with E-state index in [0.717, 1.165) is 16.8 Å². The first-order chi connectivity index (χ1) is 9.37. The second kappa shape index (κ2) is 5.20. The molecule has 2 unspecified atom stereocenters. The molecule has 2 rings (SSSR count). The summed E-state index contributed by atoms with van der Waals surface area (Å²) in [5, 5.41) is 0. The molecule has 110 valence electrons. The van der Waals surface area contributed by atoms with Gasteiger partial charge in [0.15, 0.2) is 11.5 Å². The lowest BCUT2D eigenvalue weighted by molar-refractivity contribution is 0.322. The highest BCUT2D eigenvalue weighted by molar-refractivity contribution is 7.81. The van der Waals surface area contributed by atoms with Gasteiger partial charge in [0.25, 0.3) is 0 Å². The molecule has 0 bridgehead atoms. The molecule has 0 amide bonds. The van der Waals surface area contributed by atoms with Gasteiger partial charge in [0.2, 0.25) is 5.75 Å². The maximum absolute atomic E-state index is 5.55. The van der Waals surface area contributed by atoms with Crippen molar-refractivity contribution in [1.82, 2.24) is 0 Å². The zero-order valence-corrected chi connectivity index (χ0v) is 13.7. The first-order valence-corrected chi connectivity index (χ1v) is 6.94. The molecule has 0 fully saturated rings. The largest absolute Gasteiger partial charge is 0.493 e. The molecule has 0 aromatic heterocycles. The normalized spacial score (nSPS) is 24.8. The maximum atomic E-state index is 5.55. The van der Waals surface area contributed by atoms with E-state index in [1.54, 1.807) is 21.3 Å². The van der Waals surface area contributed by atoms with Crippen molar-refractivity contribution in [3.8, 4) is 17.2 Å². The van der Waals surface area contributed by atoms with Crippen LogP contribution in [0.25, 0.3) is 0 Å². The van der Waals surface area contributed by atoms with Crippen LogP contribution in [0.3, 0.4) is 0 Å². The van der Waals surface area contributed by atoms with Crippen LogP contribution in [-0.2, 0) is 0 Å². The van der Waals surface area contributed by atoms with E-state index in [9.17, 15) is 0 Å². The monoisotopic (exact) mass is 295 g/mol.